The Morgan fingerprint density at radius 1 is 1.40 bits per heavy atom. The standard InChI is InChI=1S/C11H15NO2S/c1-8-7-10(9(2)14-8)11(13)12-3-5-15-6-4-12/h7H,3-6H2,1-2H3. The molecule has 0 unspecified atom stereocenters. The molecule has 2 rings (SSSR count). The SMILES string of the molecule is Cc1cc(C(=O)N2CCSCC2)c(C)o1. The van der Waals surface area contributed by atoms with Gasteiger partial charge in [-0.05, 0) is 19.9 Å². The van der Waals surface area contributed by atoms with Crippen molar-refractivity contribution in [1.82, 2.24) is 4.90 Å². The third-order valence-corrected chi connectivity index (χ3v) is 3.51. The van der Waals surface area contributed by atoms with Gasteiger partial charge in [0.25, 0.3) is 5.91 Å². The molecule has 3 nitrogen and oxygen atoms in total. The minimum Gasteiger partial charge on any atom is -0.466 e. The molecule has 1 fully saturated rings. The first-order valence-corrected chi connectivity index (χ1v) is 6.28. The van der Waals surface area contributed by atoms with E-state index in [1.165, 1.54) is 0 Å². The molecule has 1 amide bonds. The van der Waals surface area contributed by atoms with Gasteiger partial charge < -0.3 is 9.32 Å². The van der Waals surface area contributed by atoms with Crippen molar-refractivity contribution in [1.29, 1.82) is 0 Å². The topological polar surface area (TPSA) is 33.5 Å². The van der Waals surface area contributed by atoms with Gasteiger partial charge in [0, 0.05) is 24.6 Å². The van der Waals surface area contributed by atoms with Crippen LogP contribution in [0, 0.1) is 13.8 Å². The van der Waals surface area contributed by atoms with Gasteiger partial charge in [0.1, 0.15) is 11.5 Å². The molecule has 82 valence electrons. The van der Waals surface area contributed by atoms with Gasteiger partial charge in [-0.2, -0.15) is 11.8 Å². The molecule has 0 bridgehead atoms. The summed E-state index contributed by atoms with van der Waals surface area (Å²) in [4.78, 5) is 14.0. The minimum absolute atomic E-state index is 0.115. The summed E-state index contributed by atoms with van der Waals surface area (Å²) in [5.74, 6) is 3.74. The molecule has 0 radical (unpaired) electrons. The molecule has 1 aliphatic heterocycles. The molecule has 2 heterocycles. The first-order valence-electron chi connectivity index (χ1n) is 5.12. The summed E-state index contributed by atoms with van der Waals surface area (Å²) >= 11 is 1.90. The van der Waals surface area contributed by atoms with Crippen LogP contribution in [0.1, 0.15) is 21.9 Å². The summed E-state index contributed by atoms with van der Waals surface area (Å²) in [5.41, 5.74) is 0.722. The fourth-order valence-electron chi connectivity index (χ4n) is 1.78. The zero-order valence-electron chi connectivity index (χ0n) is 9.08. The average Bonchev–Trinajstić information content (AvgIpc) is 2.58. The van der Waals surface area contributed by atoms with Crippen LogP contribution >= 0.6 is 11.8 Å². The van der Waals surface area contributed by atoms with E-state index in [9.17, 15) is 4.79 Å². The molecule has 0 spiro atoms. The maximum Gasteiger partial charge on any atom is 0.257 e. The summed E-state index contributed by atoms with van der Waals surface area (Å²) in [6.45, 7) is 5.43. The normalized spacial score (nSPS) is 16.8. The van der Waals surface area contributed by atoms with Crippen molar-refractivity contribution >= 4 is 17.7 Å². The Morgan fingerprint density at radius 3 is 2.60 bits per heavy atom. The van der Waals surface area contributed by atoms with Crippen LogP contribution in [-0.4, -0.2) is 35.4 Å². The molecule has 1 aromatic heterocycles. The Morgan fingerprint density at radius 2 is 2.07 bits per heavy atom. The smallest absolute Gasteiger partial charge is 0.257 e. The van der Waals surface area contributed by atoms with E-state index >= 15 is 0 Å². The molecule has 0 N–H and O–H groups in total. The average molecular weight is 225 g/mol. The second kappa shape index (κ2) is 4.31. The lowest BCUT2D eigenvalue weighted by atomic mass is 10.2. The van der Waals surface area contributed by atoms with Crippen LogP contribution in [0.3, 0.4) is 0 Å². The van der Waals surface area contributed by atoms with E-state index in [1.54, 1.807) is 0 Å². The lowest BCUT2D eigenvalue weighted by molar-refractivity contribution is 0.0770. The van der Waals surface area contributed by atoms with Gasteiger partial charge in [0.2, 0.25) is 0 Å². The largest absolute Gasteiger partial charge is 0.466 e. The summed E-state index contributed by atoms with van der Waals surface area (Å²) in [7, 11) is 0. The van der Waals surface area contributed by atoms with E-state index in [-0.39, 0.29) is 5.91 Å². The highest BCUT2D eigenvalue weighted by molar-refractivity contribution is 7.99. The Balaban J connectivity index is 2.16. The zero-order valence-corrected chi connectivity index (χ0v) is 9.89. The summed E-state index contributed by atoms with van der Waals surface area (Å²) < 4.78 is 5.37. The van der Waals surface area contributed by atoms with Crippen LogP contribution in [-0.2, 0) is 0 Å². The fraction of sp³-hybridized carbons (Fsp3) is 0.545. The zero-order chi connectivity index (χ0) is 10.8. The number of rotatable bonds is 1. The van der Waals surface area contributed by atoms with Crippen LogP contribution in [0.5, 0.6) is 0 Å². The molecule has 4 heteroatoms. The van der Waals surface area contributed by atoms with E-state index in [2.05, 4.69) is 0 Å². The molecule has 0 aliphatic carbocycles. The molecule has 1 aromatic rings. The molecule has 1 aliphatic rings. The van der Waals surface area contributed by atoms with Crippen molar-refractivity contribution in [3.63, 3.8) is 0 Å². The van der Waals surface area contributed by atoms with Crippen LogP contribution in [0.4, 0.5) is 0 Å². The molecule has 15 heavy (non-hydrogen) atoms. The number of thioether (sulfide) groups is 1. The maximum atomic E-state index is 12.1. The van der Waals surface area contributed by atoms with E-state index in [0.29, 0.717) is 0 Å². The Bertz CT molecular complexity index is 367. The highest BCUT2D eigenvalue weighted by atomic mass is 32.2. The Labute approximate surface area is 93.8 Å². The van der Waals surface area contributed by atoms with Crippen molar-refractivity contribution in [2.75, 3.05) is 24.6 Å². The number of amides is 1. The molecule has 1 saturated heterocycles. The van der Waals surface area contributed by atoms with E-state index in [1.807, 2.05) is 36.6 Å². The molecular formula is C11H15NO2S. The second-order valence-corrected chi connectivity index (χ2v) is 4.96. The first-order chi connectivity index (χ1) is 7.18. The minimum atomic E-state index is 0.115. The van der Waals surface area contributed by atoms with Crippen molar-refractivity contribution in [2.45, 2.75) is 13.8 Å². The lowest BCUT2D eigenvalue weighted by Gasteiger charge is -2.26. The molecule has 0 saturated carbocycles. The third-order valence-electron chi connectivity index (χ3n) is 2.57. The van der Waals surface area contributed by atoms with Crippen LogP contribution < -0.4 is 0 Å². The lowest BCUT2D eigenvalue weighted by Crippen LogP contribution is -2.37. The van der Waals surface area contributed by atoms with Gasteiger partial charge in [-0.25, -0.2) is 0 Å². The van der Waals surface area contributed by atoms with Crippen molar-refractivity contribution in [2.24, 2.45) is 0 Å². The van der Waals surface area contributed by atoms with Gasteiger partial charge in [-0.1, -0.05) is 0 Å². The van der Waals surface area contributed by atoms with E-state index in [0.717, 1.165) is 41.7 Å². The highest BCUT2D eigenvalue weighted by Crippen LogP contribution is 2.18. The van der Waals surface area contributed by atoms with Crippen molar-refractivity contribution in [3.05, 3.63) is 23.2 Å². The van der Waals surface area contributed by atoms with Crippen molar-refractivity contribution < 1.29 is 9.21 Å². The van der Waals surface area contributed by atoms with Gasteiger partial charge in [-0.15, -0.1) is 0 Å². The Kier molecular flexibility index (Phi) is 3.05. The van der Waals surface area contributed by atoms with Gasteiger partial charge in [-0.3, -0.25) is 4.79 Å². The second-order valence-electron chi connectivity index (χ2n) is 3.73. The van der Waals surface area contributed by atoms with Gasteiger partial charge >= 0.3 is 0 Å². The monoisotopic (exact) mass is 225 g/mol. The summed E-state index contributed by atoms with van der Waals surface area (Å²) in [6, 6.07) is 1.83. The third kappa shape index (κ3) is 2.20. The number of carbonyl (C=O) groups excluding carboxylic acids is 1. The first kappa shape index (κ1) is 10.6. The molecular weight excluding hydrogens is 210 g/mol. The number of furan rings is 1. The van der Waals surface area contributed by atoms with Crippen LogP contribution in [0.25, 0.3) is 0 Å². The predicted octanol–water partition coefficient (Wildman–Crippen LogP) is 2.09. The number of aryl methyl sites for hydroxylation is 2. The molecule has 0 atom stereocenters. The summed E-state index contributed by atoms with van der Waals surface area (Å²) in [6.07, 6.45) is 0. The van der Waals surface area contributed by atoms with Crippen molar-refractivity contribution in [3.8, 4) is 0 Å². The summed E-state index contributed by atoms with van der Waals surface area (Å²) in [5, 5.41) is 0. The van der Waals surface area contributed by atoms with Gasteiger partial charge in [0.05, 0.1) is 5.56 Å². The maximum absolute atomic E-state index is 12.1. The fourth-order valence-corrected chi connectivity index (χ4v) is 2.68. The van der Waals surface area contributed by atoms with E-state index in [4.69, 9.17) is 4.42 Å². The van der Waals surface area contributed by atoms with Gasteiger partial charge in [0.15, 0.2) is 0 Å². The number of hydrogen-bond donors (Lipinski definition) is 0. The predicted molar refractivity (Wildman–Crippen MR) is 61.4 cm³/mol. The number of carbonyl (C=O) groups is 1. The number of nitrogens with zero attached hydrogens (tertiary/aromatic N) is 1. The quantitative estimate of drug-likeness (QED) is 0.733. The number of hydrogen-bond acceptors (Lipinski definition) is 3. The highest BCUT2D eigenvalue weighted by Gasteiger charge is 2.21. The van der Waals surface area contributed by atoms with Crippen LogP contribution in [0.2, 0.25) is 0 Å². The molecule has 0 aromatic carbocycles. The Hall–Kier alpha value is -0.900. The van der Waals surface area contributed by atoms with Crippen LogP contribution in [0.15, 0.2) is 10.5 Å². The van der Waals surface area contributed by atoms with E-state index < -0.39 is 0 Å².